The summed E-state index contributed by atoms with van der Waals surface area (Å²) in [5.41, 5.74) is 7.02. The van der Waals surface area contributed by atoms with Crippen LogP contribution in [-0.4, -0.2) is 10.9 Å². The van der Waals surface area contributed by atoms with Gasteiger partial charge in [-0.05, 0) is 23.8 Å². The number of benzene rings is 1. The van der Waals surface area contributed by atoms with Gasteiger partial charge in [0.1, 0.15) is 5.82 Å². The predicted octanol–water partition coefficient (Wildman–Crippen LogP) is 1.61. The van der Waals surface area contributed by atoms with Gasteiger partial charge in [-0.2, -0.15) is 0 Å². The van der Waals surface area contributed by atoms with E-state index in [4.69, 9.17) is 5.73 Å². The van der Waals surface area contributed by atoms with E-state index in [0.717, 1.165) is 5.56 Å². The van der Waals surface area contributed by atoms with Gasteiger partial charge < -0.3 is 11.1 Å². The Kier molecular flexibility index (Phi) is 4.20. The molecule has 0 aliphatic rings. The van der Waals surface area contributed by atoms with E-state index < -0.39 is 0 Å². The number of pyridine rings is 1. The Morgan fingerprint density at radius 2 is 2.21 bits per heavy atom. The average molecular weight is 259 g/mol. The van der Waals surface area contributed by atoms with E-state index in [1.807, 2.05) is 0 Å². The highest BCUT2D eigenvalue weighted by Gasteiger charge is 2.07. The summed E-state index contributed by atoms with van der Waals surface area (Å²) < 4.78 is 13.7. The molecule has 5 heteroatoms. The van der Waals surface area contributed by atoms with Gasteiger partial charge in [0, 0.05) is 31.0 Å². The molecule has 0 bridgehead atoms. The molecule has 0 aliphatic carbocycles. The quantitative estimate of drug-likeness (QED) is 0.876. The third-order valence-corrected chi connectivity index (χ3v) is 2.72. The molecule has 2 rings (SSSR count). The molecule has 1 aromatic heterocycles. The Morgan fingerprint density at radius 1 is 1.37 bits per heavy atom. The second-order valence-electron chi connectivity index (χ2n) is 4.05. The van der Waals surface area contributed by atoms with Crippen molar-refractivity contribution in [1.82, 2.24) is 10.3 Å². The van der Waals surface area contributed by atoms with Crippen LogP contribution in [0.1, 0.15) is 21.5 Å². The number of nitrogens with two attached hydrogens (primary N) is 1. The lowest BCUT2D eigenvalue weighted by atomic mass is 10.1. The maximum absolute atomic E-state index is 13.7. The van der Waals surface area contributed by atoms with Crippen LogP contribution in [0.2, 0.25) is 0 Å². The molecule has 1 amide bonds. The summed E-state index contributed by atoms with van der Waals surface area (Å²) in [5.74, 6) is -0.648. The highest BCUT2D eigenvalue weighted by Crippen LogP contribution is 2.10. The first-order valence-electron chi connectivity index (χ1n) is 5.86. The molecular formula is C14H14FN3O. The van der Waals surface area contributed by atoms with E-state index in [1.54, 1.807) is 30.5 Å². The number of carbonyl (C=O) groups is 1. The fourth-order valence-corrected chi connectivity index (χ4v) is 1.64. The van der Waals surface area contributed by atoms with Crippen LogP contribution in [0.5, 0.6) is 0 Å². The zero-order chi connectivity index (χ0) is 13.7. The van der Waals surface area contributed by atoms with Crippen LogP contribution in [-0.2, 0) is 13.1 Å². The van der Waals surface area contributed by atoms with Gasteiger partial charge in [0.05, 0.1) is 5.56 Å². The molecule has 0 unspecified atom stereocenters. The van der Waals surface area contributed by atoms with Gasteiger partial charge in [0.2, 0.25) is 0 Å². The molecule has 2 aromatic rings. The molecule has 1 heterocycles. The molecule has 0 saturated heterocycles. The number of hydrogen-bond acceptors (Lipinski definition) is 3. The Labute approximate surface area is 110 Å². The standard InChI is InChI=1S/C14H14FN3O/c15-13-6-10(7-16)3-4-11(13)9-18-14(19)12-2-1-5-17-8-12/h1-6,8H,7,9,16H2,(H,18,19). The molecule has 0 saturated carbocycles. The van der Waals surface area contributed by atoms with Crippen LogP contribution >= 0.6 is 0 Å². The highest BCUT2D eigenvalue weighted by molar-refractivity contribution is 5.93. The van der Waals surface area contributed by atoms with Crippen molar-refractivity contribution in [2.75, 3.05) is 0 Å². The summed E-state index contributed by atoms with van der Waals surface area (Å²) in [4.78, 5) is 15.6. The van der Waals surface area contributed by atoms with Crippen molar-refractivity contribution >= 4 is 5.91 Å². The lowest BCUT2D eigenvalue weighted by Crippen LogP contribution is -2.23. The molecule has 0 atom stereocenters. The normalized spacial score (nSPS) is 10.2. The van der Waals surface area contributed by atoms with E-state index in [9.17, 15) is 9.18 Å². The SMILES string of the molecule is NCc1ccc(CNC(=O)c2cccnc2)c(F)c1. The smallest absolute Gasteiger partial charge is 0.253 e. The topological polar surface area (TPSA) is 68.0 Å². The lowest BCUT2D eigenvalue weighted by Gasteiger charge is -2.07. The van der Waals surface area contributed by atoms with E-state index >= 15 is 0 Å². The van der Waals surface area contributed by atoms with Crippen molar-refractivity contribution in [3.05, 3.63) is 65.2 Å². The van der Waals surface area contributed by atoms with Gasteiger partial charge >= 0.3 is 0 Å². The van der Waals surface area contributed by atoms with Gasteiger partial charge in [-0.1, -0.05) is 12.1 Å². The van der Waals surface area contributed by atoms with Crippen molar-refractivity contribution in [3.8, 4) is 0 Å². The summed E-state index contributed by atoms with van der Waals surface area (Å²) in [5, 5.41) is 2.64. The van der Waals surface area contributed by atoms with E-state index in [1.165, 1.54) is 12.3 Å². The minimum Gasteiger partial charge on any atom is -0.348 e. The van der Waals surface area contributed by atoms with Crippen LogP contribution < -0.4 is 11.1 Å². The van der Waals surface area contributed by atoms with Crippen molar-refractivity contribution in [2.45, 2.75) is 13.1 Å². The Balaban J connectivity index is 2.01. The summed E-state index contributed by atoms with van der Waals surface area (Å²) in [6, 6.07) is 8.07. The summed E-state index contributed by atoms with van der Waals surface area (Å²) in [7, 11) is 0. The first kappa shape index (κ1) is 13.2. The minimum absolute atomic E-state index is 0.129. The van der Waals surface area contributed by atoms with Crippen LogP contribution in [0.4, 0.5) is 4.39 Å². The van der Waals surface area contributed by atoms with Gasteiger partial charge in [-0.15, -0.1) is 0 Å². The Bertz CT molecular complexity index is 572. The number of rotatable bonds is 4. The minimum atomic E-state index is -0.366. The van der Waals surface area contributed by atoms with Crippen LogP contribution in [0, 0.1) is 5.82 Å². The Hall–Kier alpha value is -2.27. The molecule has 0 aliphatic heterocycles. The first-order chi connectivity index (χ1) is 9.20. The van der Waals surface area contributed by atoms with Crippen molar-refractivity contribution < 1.29 is 9.18 Å². The number of nitrogens with one attached hydrogen (secondary N) is 1. The Morgan fingerprint density at radius 3 is 2.84 bits per heavy atom. The molecule has 0 radical (unpaired) electrons. The molecule has 1 aromatic carbocycles. The van der Waals surface area contributed by atoms with Gasteiger partial charge in [-0.3, -0.25) is 9.78 Å². The molecule has 19 heavy (non-hydrogen) atoms. The largest absolute Gasteiger partial charge is 0.348 e. The summed E-state index contributed by atoms with van der Waals surface area (Å²) in [6.45, 7) is 0.420. The summed E-state index contributed by atoms with van der Waals surface area (Å²) in [6.07, 6.45) is 3.05. The fourth-order valence-electron chi connectivity index (χ4n) is 1.64. The van der Waals surface area contributed by atoms with Crippen molar-refractivity contribution in [2.24, 2.45) is 5.73 Å². The lowest BCUT2D eigenvalue weighted by molar-refractivity contribution is 0.0950. The van der Waals surface area contributed by atoms with Crippen molar-refractivity contribution in [1.29, 1.82) is 0 Å². The molecular weight excluding hydrogens is 245 g/mol. The number of halogens is 1. The van der Waals surface area contributed by atoms with Crippen LogP contribution in [0.25, 0.3) is 0 Å². The monoisotopic (exact) mass is 259 g/mol. The number of aromatic nitrogens is 1. The molecule has 0 fully saturated rings. The van der Waals surface area contributed by atoms with E-state index in [0.29, 0.717) is 17.7 Å². The summed E-state index contributed by atoms with van der Waals surface area (Å²) >= 11 is 0. The predicted molar refractivity (Wildman–Crippen MR) is 69.7 cm³/mol. The number of nitrogens with zero attached hydrogens (tertiary/aromatic N) is 1. The fraction of sp³-hybridized carbons (Fsp3) is 0.143. The second-order valence-corrected chi connectivity index (χ2v) is 4.05. The molecule has 98 valence electrons. The number of carbonyl (C=O) groups excluding carboxylic acids is 1. The third kappa shape index (κ3) is 3.35. The van der Waals surface area contributed by atoms with E-state index in [2.05, 4.69) is 10.3 Å². The maximum atomic E-state index is 13.7. The van der Waals surface area contributed by atoms with Gasteiger partial charge in [0.25, 0.3) is 5.91 Å². The van der Waals surface area contributed by atoms with Crippen LogP contribution in [0.15, 0.2) is 42.7 Å². The van der Waals surface area contributed by atoms with Gasteiger partial charge in [-0.25, -0.2) is 4.39 Å². The molecule has 3 N–H and O–H groups in total. The zero-order valence-corrected chi connectivity index (χ0v) is 10.3. The maximum Gasteiger partial charge on any atom is 0.253 e. The third-order valence-electron chi connectivity index (χ3n) is 2.72. The second kappa shape index (κ2) is 6.06. The zero-order valence-electron chi connectivity index (χ0n) is 10.3. The molecule has 0 spiro atoms. The highest BCUT2D eigenvalue weighted by atomic mass is 19.1. The average Bonchev–Trinajstić information content (AvgIpc) is 2.46. The van der Waals surface area contributed by atoms with E-state index in [-0.39, 0.29) is 18.3 Å². The van der Waals surface area contributed by atoms with Crippen LogP contribution in [0.3, 0.4) is 0 Å². The number of hydrogen-bond donors (Lipinski definition) is 2. The molecule has 4 nitrogen and oxygen atoms in total. The van der Waals surface area contributed by atoms with Gasteiger partial charge in [0.15, 0.2) is 0 Å². The first-order valence-corrected chi connectivity index (χ1v) is 5.86. The number of amides is 1. The van der Waals surface area contributed by atoms with Crippen molar-refractivity contribution in [3.63, 3.8) is 0 Å².